The lowest BCUT2D eigenvalue weighted by Gasteiger charge is -2.24. The summed E-state index contributed by atoms with van der Waals surface area (Å²) in [5, 5.41) is 0.534. The largest absolute Gasteiger partial charge is 0.316 e. The number of aliphatic imine (C=N–C) groups is 1. The highest BCUT2D eigenvalue weighted by molar-refractivity contribution is 9.10. The molecule has 0 spiro atoms. The number of fused-ring (bicyclic) bond motifs is 1. The summed E-state index contributed by atoms with van der Waals surface area (Å²) in [6.07, 6.45) is 0. The van der Waals surface area contributed by atoms with Gasteiger partial charge < -0.3 is 4.90 Å². The van der Waals surface area contributed by atoms with Gasteiger partial charge in [0.25, 0.3) is 0 Å². The number of halogens is 1. The molecule has 1 amide bonds. The number of hydrogen-bond acceptors (Lipinski definition) is 4. The minimum absolute atomic E-state index is 0.0586. The van der Waals surface area contributed by atoms with Crippen LogP contribution in [-0.4, -0.2) is 42.3 Å². The predicted molar refractivity (Wildman–Crippen MR) is 88.6 cm³/mol. The van der Waals surface area contributed by atoms with Crippen LogP contribution < -0.4 is 4.90 Å². The molecule has 2 fully saturated rings. The van der Waals surface area contributed by atoms with Crippen LogP contribution in [0.25, 0.3) is 0 Å². The predicted octanol–water partition coefficient (Wildman–Crippen LogP) is 2.07. The fraction of sp³-hybridized carbons (Fsp3) is 0.385. The van der Waals surface area contributed by atoms with Crippen molar-refractivity contribution in [3.05, 3.63) is 28.7 Å². The third-order valence-electron chi connectivity index (χ3n) is 3.42. The minimum atomic E-state index is -3.02. The summed E-state index contributed by atoms with van der Waals surface area (Å²) in [4.78, 5) is 17.3. The topological polar surface area (TPSA) is 66.8 Å². The van der Waals surface area contributed by atoms with Crippen molar-refractivity contribution in [2.75, 3.05) is 16.4 Å². The third-order valence-corrected chi connectivity index (χ3v) is 7.16. The first-order valence-electron chi connectivity index (χ1n) is 6.37. The van der Waals surface area contributed by atoms with Crippen molar-refractivity contribution < 1.29 is 13.2 Å². The van der Waals surface area contributed by atoms with Crippen LogP contribution in [0.3, 0.4) is 0 Å². The molecule has 0 radical (unpaired) electrons. The SMILES string of the molecule is CC(=O)N=C1S[C@@H]2CS(=O)(=O)C[C@H]2N1c1ccc(Br)cc1. The molecule has 0 aliphatic carbocycles. The molecule has 2 aliphatic heterocycles. The lowest BCUT2D eigenvalue weighted by Crippen LogP contribution is -2.37. The van der Waals surface area contributed by atoms with E-state index in [1.165, 1.54) is 18.7 Å². The minimum Gasteiger partial charge on any atom is -0.316 e. The second-order valence-electron chi connectivity index (χ2n) is 5.06. The van der Waals surface area contributed by atoms with Crippen LogP contribution in [0.5, 0.6) is 0 Å². The first kappa shape index (κ1) is 15.1. The molecule has 3 rings (SSSR count). The molecule has 5 nitrogen and oxygen atoms in total. The van der Waals surface area contributed by atoms with Crippen molar-refractivity contribution in [1.82, 2.24) is 0 Å². The third kappa shape index (κ3) is 3.02. The Kier molecular flexibility index (Phi) is 3.87. The molecule has 0 bridgehead atoms. The number of carbonyl (C=O) groups excluding carboxylic acids is 1. The van der Waals surface area contributed by atoms with E-state index >= 15 is 0 Å². The van der Waals surface area contributed by atoms with Crippen LogP contribution in [0.2, 0.25) is 0 Å². The fourth-order valence-electron chi connectivity index (χ4n) is 2.60. The zero-order chi connectivity index (χ0) is 15.2. The molecule has 0 saturated carbocycles. The van der Waals surface area contributed by atoms with Crippen molar-refractivity contribution in [3.63, 3.8) is 0 Å². The van der Waals surface area contributed by atoms with Gasteiger partial charge in [-0.05, 0) is 24.3 Å². The molecule has 0 unspecified atom stereocenters. The van der Waals surface area contributed by atoms with E-state index in [4.69, 9.17) is 0 Å². The number of rotatable bonds is 1. The number of thioether (sulfide) groups is 1. The van der Waals surface area contributed by atoms with Crippen molar-refractivity contribution in [3.8, 4) is 0 Å². The van der Waals surface area contributed by atoms with Gasteiger partial charge >= 0.3 is 0 Å². The Morgan fingerprint density at radius 1 is 1.33 bits per heavy atom. The summed E-state index contributed by atoms with van der Waals surface area (Å²) in [6.45, 7) is 1.40. The number of benzene rings is 1. The molecular weight excluding hydrogens is 376 g/mol. The average molecular weight is 389 g/mol. The van der Waals surface area contributed by atoms with Gasteiger partial charge in [-0.1, -0.05) is 27.7 Å². The second-order valence-corrected chi connectivity index (χ2v) is 9.34. The first-order chi connectivity index (χ1) is 9.85. The highest BCUT2D eigenvalue weighted by Gasteiger charge is 2.49. The lowest BCUT2D eigenvalue weighted by atomic mass is 10.2. The molecule has 2 saturated heterocycles. The number of hydrogen-bond donors (Lipinski definition) is 0. The van der Waals surface area contributed by atoms with Crippen LogP contribution in [-0.2, 0) is 14.6 Å². The van der Waals surface area contributed by atoms with Gasteiger partial charge in [-0.3, -0.25) is 4.79 Å². The Labute approximate surface area is 135 Å². The fourth-order valence-corrected chi connectivity index (χ4v) is 6.83. The van der Waals surface area contributed by atoms with E-state index in [9.17, 15) is 13.2 Å². The van der Waals surface area contributed by atoms with E-state index in [1.54, 1.807) is 0 Å². The van der Waals surface area contributed by atoms with Crippen LogP contribution >= 0.6 is 27.7 Å². The summed E-state index contributed by atoms with van der Waals surface area (Å²) < 4.78 is 24.6. The normalized spacial score (nSPS) is 28.9. The molecule has 1 aromatic carbocycles. The van der Waals surface area contributed by atoms with Gasteiger partial charge in [0.15, 0.2) is 15.0 Å². The Morgan fingerprint density at radius 3 is 2.62 bits per heavy atom. The van der Waals surface area contributed by atoms with Crippen molar-refractivity contribution in [2.24, 2.45) is 4.99 Å². The van der Waals surface area contributed by atoms with Crippen LogP contribution in [0.1, 0.15) is 6.92 Å². The van der Waals surface area contributed by atoms with Gasteiger partial charge in [-0.15, -0.1) is 0 Å². The molecule has 1 aromatic rings. The molecule has 21 heavy (non-hydrogen) atoms. The highest BCUT2D eigenvalue weighted by Crippen LogP contribution is 2.41. The van der Waals surface area contributed by atoms with Crippen LogP contribution in [0.15, 0.2) is 33.7 Å². The molecule has 0 aromatic heterocycles. The number of sulfone groups is 1. The molecule has 112 valence electrons. The zero-order valence-electron chi connectivity index (χ0n) is 11.2. The first-order valence-corrected chi connectivity index (χ1v) is 9.86. The number of nitrogens with zero attached hydrogens (tertiary/aromatic N) is 2. The number of carbonyl (C=O) groups is 1. The summed E-state index contributed by atoms with van der Waals surface area (Å²) >= 11 is 4.76. The second kappa shape index (κ2) is 5.40. The van der Waals surface area contributed by atoms with Gasteiger partial charge in [0.05, 0.1) is 17.5 Å². The van der Waals surface area contributed by atoms with E-state index in [0.717, 1.165) is 10.2 Å². The van der Waals surface area contributed by atoms with Crippen LogP contribution in [0.4, 0.5) is 5.69 Å². The van der Waals surface area contributed by atoms with E-state index in [1.807, 2.05) is 29.2 Å². The van der Waals surface area contributed by atoms with E-state index in [0.29, 0.717) is 5.17 Å². The Morgan fingerprint density at radius 2 is 2.00 bits per heavy atom. The zero-order valence-corrected chi connectivity index (χ0v) is 14.4. The lowest BCUT2D eigenvalue weighted by molar-refractivity contribution is -0.115. The van der Waals surface area contributed by atoms with Gasteiger partial charge in [0.2, 0.25) is 5.91 Å². The van der Waals surface area contributed by atoms with Crippen molar-refractivity contribution in [1.29, 1.82) is 0 Å². The number of anilines is 1. The van der Waals surface area contributed by atoms with Crippen molar-refractivity contribution >= 4 is 54.3 Å². The summed E-state index contributed by atoms with van der Waals surface area (Å²) in [5.74, 6) is -0.0216. The maximum atomic E-state index is 11.8. The van der Waals surface area contributed by atoms with E-state index < -0.39 is 9.84 Å². The van der Waals surface area contributed by atoms with Gasteiger partial charge in [0.1, 0.15) is 0 Å². The maximum absolute atomic E-state index is 11.8. The molecule has 2 aliphatic rings. The van der Waals surface area contributed by atoms with E-state index in [2.05, 4.69) is 20.9 Å². The van der Waals surface area contributed by atoms with Crippen molar-refractivity contribution in [2.45, 2.75) is 18.2 Å². The summed E-state index contributed by atoms with van der Waals surface area (Å²) in [7, 11) is -3.02. The van der Waals surface area contributed by atoms with E-state index in [-0.39, 0.29) is 28.7 Å². The summed E-state index contributed by atoms with van der Waals surface area (Å²) in [6, 6.07) is 7.42. The van der Waals surface area contributed by atoms with Gasteiger partial charge in [0, 0.05) is 22.3 Å². The Balaban J connectivity index is 2.02. The molecular formula is C13H13BrN2O3S2. The smallest absolute Gasteiger partial charge is 0.244 e. The maximum Gasteiger partial charge on any atom is 0.244 e. The number of amidine groups is 1. The van der Waals surface area contributed by atoms with Crippen LogP contribution in [0, 0.1) is 0 Å². The standard InChI is InChI=1S/C13H13BrN2O3S2/c1-8(17)15-13-16(10-4-2-9(14)3-5-10)11-6-21(18,19)7-12(11)20-13/h2-5,11-12H,6-7H2,1H3/t11-,12-/m1/s1. The van der Waals surface area contributed by atoms with Gasteiger partial charge in [-0.2, -0.15) is 4.99 Å². The highest BCUT2D eigenvalue weighted by atomic mass is 79.9. The Hall–Kier alpha value is -0.860. The molecule has 0 N–H and O–H groups in total. The quantitative estimate of drug-likeness (QED) is 0.736. The molecule has 2 atom stereocenters. The average Bonchev–Trinajstić information content (AvgIpc) is 2.81. The Bertz CT molecular complexity index is 715. The van der Waals surface area contributed by atoms with Gasteiger partial charge in [-0.25, -0.2) is 8.42 Å². The summed E-state index contributed by atoms with van der Waals surface area (Å²) in [5.41, 5.74) is 0.857. The monoisotopic (exact) mass is 388 g/mol. The number of amides is 1. The molecule has 2 heterocycles. The molecule has 8 heteroatoms.